The van der Waals surface area contributed by atoms with E-state index in [4.69, 9.17) is 19.4 Å². The van der Waals surface area contributed by atoms with Gasteiger partial charge >= 0.3 is 0 Å². The van der Waals surface area contributed by atoms with E-state index in [1.54, 1.807) is 0 Å². The third-order valence-electron chi connectivity index (χ3n) is 9.52. The molecule has 10 aromatic rings. The Balaban J connectivity index is 1.28. The number of benzene rings is 8. The van der Waals surface area contributed by atoms with Gasteiger partial charge in [0.25, 0.3) is 0 Å². The second-order valence-electron chi connectivity index (χ2n) is 12.4. The first-order chi connectivity index (χ1) is 24.3. The van der Waals surface area contributed by atoms with Crippen LogP contribution in [0.3, 0.4) is 0 Å². The summed E-state index contributed by atoms with van der Waals surface area (Å²) in [7, 11) is 0. The highest BCUT2D eigenvalue weighted by Gasteiger charge is 2.21. The van der Waals surface area contributed by atoms with Gasteiger partial charge in [-0.2, -0.15) is 0 Å². The summed E-state index contributed by atoms with van der Waals surface area (Å²) in [6.07, 6.45) is 0. The highest BCUT2D eigenvalue weighted by Crippen LogP contribution is 2.41. The lowest BCUT2D eigenvalue weighted by atomic mass is 9.93. The van der Waals surface area contributed by atoms with Crippen LogP contribution in [0.4, 0.5) is 0 Å². The van der Waals surface area contributed by atoms with E-state index in [-0.39, 0.29) is 0 Å². The highest BCUT2D eigenvalue weighted by molar-refractivity contribution is 6.21. The van der Waals surface area contributed by atoms with Crippen molar-refractivity contribution in [2.75, 3.05) is 0 Å². The molecule has 0 N–H and O–H groups in total. The quantitative estimate of drug-likeness (QED) is 0.183. The number of hydrogen-bond acceptors (Lipinski definition) is 4. The van der Waals surface area contributed by atoms with Crippen molar-refractivity contribution >= 4 is 54.3 Å². The van der Waals surface area contributed by atoms with Gasteiger partial charge in [0.2, 0.25) is 0 Å². The van der Waals surface area contributed by atoms with Gasteiger partial charge in [0.05, 0.1) is 0 Å². The fourth-order valence-corrected chi connectivity index (χ4v) is 7.26. The molecular weight excluding hydrogens is 599 g/mol. The van der Waals surface area contributed by atoms with Crippen LogP contribution in [0.2, 0.25) is 0 Å². The number of furan rings is 1. The Morgan fingerprint density at radius 3 is 1.76 bits per heavy atom. The van der Waals surface area contributed by atoms with Gasteiger partial charge in [-0.25, -0.2) is 15.0 Å². The number of aromatic nitrogens is 3. The number of para-hydroxylation sites is 1. The molecule has 0 saturated carbocycles. The molecule has 0 saturated heterocycles. The molecule has 0 bridgehead atoms. The van der Waals surface area contributed by atoms with E-state index >= 15 is 0 Å². The van der Waals surface area contributed by atoms with Gasteiger partial charge in [0, 0.05) is 33.0 Å². The van der Waals surface area contributed by atoms with Crippen molar-refractivity contribution in [1.29, 1.82) is 0 Å². The molecule has 228 valence electrons. The summed E-state index contributed by atoms with van der Waals surface area (Å²) in [6.45, 7) is 0. The molecule has 0 aliphatic heterocycles. The van der Waals surface area contributed by atoms with Gasteiger partial charge in [-0.1, -0.05) is 152 Å². The Hall–Kier alpha value is -6.65. The Morgan fingerprint density at radius 1 is 0.347 bits per heavy atom. The first-order valence-electron chi connectivity index (χ1n) is 16.5. The molecule has 0 atom stereocenters. The van der Waals surface area contributed by atoms with Crippen molar-refractivity contribution in [2.45, 2.75) is 0 Å². The third-order valence-corrected chi connectivity index (χ3v) is 9.52. The summed E-state index contributed by atoms with van der Waals surface area (Å²) < 4.78 is 6.61. The summed E-state index contributed by atoms with van der Waals surface area (Å²) in [4.78, 5) is 15.6. The van der Waals surface area contributed by atoms with E-state index in [1.807, 2.05) is 36.4 Å². The summed E-state index contributed by atoms with van der Waals surface area (Å²) in [6, 6.07) is 56.8. The summed E-state index contributed by atoms with van der Waals surface area (Å²) >= 11 is 0. The first kappa shape index (κ1) is 27.5. The van der Waals surface area contributed by atoms with Crippen LogP contribution in [0.15, 0.2) is 168 Å². The maximum atomic E-state index is 6.61. The Bertz CT molecular complexity index is 2880. The lowest BCUT2D eigenvalue weighted by Crippen LogP contribution is -2.01. The predicted molar refractivity (Wildman–Crippen MR) is 201 cm³/mol. The van der Waals surface area contributed by atoms with Gasteiger partial charge in [-0.3, -0.25) is 0 Å². The standard InChI is InChI=1S/C45H27N3O/c1-3-13-28(14-4-1)32-21-11-22-36-41-37(23-12-24-40(41)49-42(32)36)44-46-43(30-16-5-2-6-17-30)47-45(48-44)39-27-38-31-18-8-7-15-29(31)25-26-35(38)33-19-9-10-20-34(33)39/h1-27H. The molecule has 2 heterocycles. The maximum Gasteiger partial charge on any atom is 0.164 e. The van der Waals surface area contributed by atoms with E-state index in [1.165, 1.54) is 26.9 Å². The van der Waals surface area contributed by atoms with Crippen LogP contribution < -0.4 is 0 Å². The number of hydrogen-bond donors (Lipinski definition) is 0. The summed E-state index contributed by atoms with van der Waals surface area (Å²) in [5, 5.41) is 9.06. The second-order valence-corrected chi connectivity index (χ2v) is 12.4. The van der Waals surface area contributed by atoms with Gasteiger partial charge in [0.15, 0.2) is 17.5 Å². The Kier molecular flexibility index (Phi) is 6.15. The zero-order valence-electron chi connectivity index (χ0n) is 26.3. The van der Waals surface area contributed by atoms with Crippen molar-refractivity contribution < 1.29 is 4.42 Å². The molecule has 4 nitrogen and oxygen atoms in total. The first-order valence-corrected chi connectivity index (χ1v) is 16.5. The lowest BCUT2D eigenvalue weighted by molar-refractivity contribution is 0.670. The smallest absolute Gasteiger partial charge is 0.164 e. The number of nitrogens with zero attached hydrogens (tertiary/aromatic N) is 3. The zero-order valence-corrected chi connectivity index (χ0v) is 26.3. The predicted octanol–water partition coefficient (Wildman–Crippen LogP) is 11.9. The van der Waals surface area contributed by atoms with Crippen molar-refractivity contribution in [3.8, 4) is 45.3 Å². The largest absolute Gasteiger partial charge is 0.455 e. The van der Waals surface area contributed by atoms with Gasteiger partial charge < -0.3 is 4.42 Å². The van der Waals surface area contributed by atoms with Crippen molar-refractivity contribution in [3.63, 3.8) is 0 Å². The minimum absolute atomic E-state index is 0.601. The molecule has 4 heteroatoms. The van der Waals surface area contributed by atoms with Crippen LogP contribution in [0.5, 0.6) is 0 Å². The van der Waals surface area contributed by atoms with Crippen LogP contribution in [0.1, 0.15) is 0 Å². The molecule has 0 unspecified atom stereocenters. The molecule has 0 radical (unpaired) electrons. The van der Waals surface area contributed by atoms with Crippen molar-refractivity contribution in [1.82, 2.24) is 15.0 Å². The SMILES string of the molecule is c1ccc(-c2nc(-c3cc4c5ccccc5ccc4c4ccccc34)nc(-c3cccc4oc5c(-c6ccccc6)cccc5c34)n2)cc1. The van der Waals surface area contributed by atoms with Crippen molar-refractivity contribution in [2.24, 2.45) is 0 Å². The Morgan fingerprint density at radius 2 is 0.939 bits per heavy atom. The monoisotopic (exact) mass is 625 g/mol. The normalized spacial score (nSPS) is 11.7. The lowest BCUT2D eigenvalue weighted by Gasteiger charge is -2.14. The highest BCUT2D eigenvalue weighted by atomic mass is 16.3. The zero-order chi connectivity index (χ0) is 32.3. The number of fused-ring (bicyclic) bond motifs is 8. The Labute approximate surface area is 282 Å². The molecule has 0 spiro atoms. The van der Waals surface area contributed by atoms with E-state index in [2.05, 4.69) is 127 Å². The van der Waals surface area contributed by atoms with Crippen LogP contribution >= 0.6 is 0 Å². The molecular formula is C45H27N3O. The average Bonchev–Trinajstić information content (AvgIpc) is 3.57. The van der Waals surface area contributed by atoms with Gasteiger partial charge in [0.1, 0.15) is 11.2 Å². The molecule has 0 amide bonds. The maximum absolute atomic E-state index is 6.61. The molecule has 49 heavy (non-hydrogen) atoms. The van der Waals surface area contributed by atoms with E-state index in [0.29, 0.717) is 17.5 Å². The van der Waals surface area contributed by atoms with Gasteiger partial charge in [-0.05, 0) is 50.0 Å². The molecule has 0 aliphatic rings. The average molecular weight is 626 g/mol. The molecule has 2 aromatic heterocycles. The minimum atomic E-state index is 0.601. The van der Waals surface area contributed by atoms with Crippen molar-refractivity contribution in [3.05, 3.63) is 164 Å². The third kappa shape index (κ3) is 4.42. The summed E-state index contributed by atoms with van der Waals surface area (Å²) in [5.41, 5.74) is 6.60. The van der Waals surface area contributed by atoms with E-state index in [0.717, 1.165) is 55.1 Å². The van der Waals surface area contributed by atoms with Gasteiger partial charge in [-0.15, -0.1) is 0 Å². The summed E-state index contributed by atoms with van der Waals surface area (Å²) in [5.74, 6) is 1.85. The van der Waals surface area contributed by atoms with E-state index < -0.39 is 0 Å². The molecule has 8 aromatic carbocycles. The molecule has 0 fully saturated rings. The van der Waals surface area contributed by atoms with Crippen LogP contribution in [0.25, 0.3) is 99.5 Å². The van der Waals surface area contributed by atoms with Crippen LogP contribution in [-0.2, 0) is 0 Å². The fraction of sp³-hybridized carbons (Fsp3) is 0. The number of rotatable bonds is 4. The fourth-order valence-electron chi connectivity index (χ4n) is 7.26. The molecule has 0 aliphatic carbocycles. The minimum Gasteiger partial charge on any atom is -0.455 e. The van der Waals surface area contributed by atoms with Crippen LogP contribution in [-0.4, -0.2) is 15.0 Å². The second kappa shape index (κ2) is 11.0. The molecule has 10 rings (SSSR count). The van der Waals surface area contributed by atoms with E-state index in [9.17, 15) is 0 Å². The topological polar surface area (TPSA) is 51.8 Å². The van der Waals surface area contributed by atoms with Crippen LogP contribution in [0, 0.1) is 0 Å².